The number of nitrogens with one attached hydrogen (secondary N) is 1. The monoisotopic (exact) mass is 323 g/mol. The van der Waals surface area contributed by atoms with Crippen LogP contribution in [0.25, 0.3) is 0 Å². The van der Waals surface area contributed by atoms with E-state index in [2.05, 4.69) is 29.6 Å². The molecule has 1 fully saturated rings. The molecule has 0 saturated heterocycles. The zero-order valence-electron chi connectivity index (χ0n) is 14.3. The van der Waals surface area contributed by atoms with Crippen molar-refractivity contribution in [3.63, 3.8) is 0 Å². The number of carbonyl (C=O) groups excluding carboxylic acids is 1. The van der Waals surface area contributed by atoms with Gasteiger partial charge in [-0.25, -0.2) is 0 Å². The van der Waals surface area contributed by atoms with E-state index in [1.54, 1.807) is 7.11 Å². The molecule has 3 rings (SSSR count). The molecule has 0 spiro atoms. The molecule has 0 bridgehead atoms. The Morgan fingerprint density at radius 2 is 1.67 bits per heavy atom. The van der Waals surface area contributed by atoms with E-state index in [0.717, 1.165) is 12.8 Å². The van der Waals surface area contributed by atoms with Crippen molar-refractivity contribution in [2.45, 2.75) is 37.5 Å². The summed E-state index contributed by atoms with van der Waals surface area (Å²) in [6.07, 6.45) is 5.99. The fraction of sp³-hybridized carbons (Fsp3) is 0.381. The number of benzene rings is 2. The average molecular weight is 323 g/mol. The second kappa shape index (κ2) is 7.52. The maximum atomic E-state index is 12.6. The molecule has 24 heavy (non-hydrogen) atoms. The van der Waals surface area contributed by atoms with E-state index in [4.69, 9.17) is 4.74 Å². The van der Waals surface area contributed by atoms with Crippen molar-refractivity contribution in [2.24, 2.45) is 0 Å². The van der Waals surface area contributed by atoms with Crippen LogP contribution in [0.15, 0.2) is 54.6 Å². The average Bonchev–Trinajstić information content (AvgIpc) is 2.67. The summed E-state index contributed by atoms with van der Waals surface area (Å²) in [5.41, 5.74) is 1.99. The highest BCUT2D eigenvalue weighted by Gasteiger charge is 2.34. The summed E-state index contributed by atoms with van der Waals surface area (Å²) in [7, 11) is 1.60. The van der Waals surface area contributed by atoms with Crippen LogP contribution in [-0.2, 0) is 5.41 Å². The maximum absolute atomic E-state index is 12.6. The first kappa shape index (κ1) is 16.6. The lowest BCUT2D eigenvalue weighted by molar-refractivity contribution is 0.0933. The lowest BCUT2D eigenvalue weighted by Crippen LogP contribution is -2.42. The molecule has 1 aliphatic carbocycles. The topological polar surface area (TPSA) is 38.3 Å². The first-order valence-electron chi connectivity index (χ1n) is 8.72. The predicted octanol–water partition coefficient (Wildman–Crippen LogP) is 4.33. The van der Waals surface area contributed by atoms with Crippen molar-refractivity contribution in [1.29, 1.82) is 0 Å². The van der Waals surface area contributed by atoms with E-state index >= 15 is 0 Å². The lowest BCUT2D eigenvalue weighted by Gasteiger charge is -2.38. The quantitative estimate of drug-likeness (QED) is 0.889. The minimum atomic E-state index is -0.0617. The van der Waals surface area contributed by atoms with Gasteiger partial charge >= 0.3 is 0 Å². The zero-order valence-corrected chi connectivity index (χ0v) is 14.3. The van der Waals surface area contributed by atoms with Gasteiger partial charge < -0.3 is 10.1 Å². The van der Waals surface area contributed by atoms with Gasteiger partial charge in [0.05, 0.1) is 12.7 Å². The zero-order chi connectivity index (χ0) is 16.8. The summed E-state index contributed by atoms with van der Waals surface area (Å²) in [6, 6.07) is 18.0. The van der Waals surface area contributed by atoms with Crippen molar-refractivity contribution in [2.75, 3.05) is 13.7 Å². The third kappa shape index (κ3) is 3.45. The van der Waals surface area contributed by atoms with Gasteiger partial charge in [-0.3, -0.25) is 4.79 Å². The number of ether oxygens (including phenoxy) is 1. The predicted molar refractivity (Wildman–Crippen MR) is 96.5 cm³/mol. The fourth-order valence-electron chi connectivity index (χ4n) is 3.76. The molecule has 0 atom stereocenters. The van der Waals surface area contributed by atoms with Crippen molar-refractivity contribution in [3.05, 3.63) is 65.7 Å². The van der Waals surface area contributed by atoms with Crippen molar-refractivity contribution in [3.8, 4) is 5.75 Å². The normalized spacial score (nSPS) is 16.4. The molecule has 0 aliphatic heterocycles. The van der Waals surface area contributed by atoms with Crippen molar-refractivity contribution < 1.29 is 9.53 Å². The Morgan fingerprint density at radius 3 is 2.38 bits per heavy atom. The molecule has 0 unspecified atom stereocenters. The van der Waals surface area contributed by atoms with Crippen LogP contribution in [0, 0.1) is 0 Å². The van der Waals surface area contributed by atoms with Crippen LogP contribution in [0.1, 0.15) is 48.0 Å². The third-order valence-corrected chi connectivity index (χ3v) is 5.14. The van der Waals surface area contributed by atoms with Gasteiger partial charge in [0.25, 0.3) is 5.91 Å². The van der Waals surface area contributed by atoms with E-state index in [1.807, 2.05) is 30.3 Å². The summed E-state index contributed by atoms with van der Waals surface area (Å²) in [4.78, 5) is 12.6. The number of amides is 1. The Balaban J connectivity index is 1.78. The summed E-state index contributed by atoms with van der Waals surface area (Å²) >= 11 is 0. The highest BCUT2D eigenvalue weighted by Crippen LogP contribution is 2.39. The molecule has 126 valence electrons. The highest BCUT2D eigenvalue weighted by molar-refractivity contribution is 5.96. The van der Waals surface area contributed by atoms with E-state index in [0.29, 0.717) is 17.9 Å². The van der Waals surface area contributed by atoms with Crippen LogP contribution in [0.4, 0.5) is 0 Å². The van der Waals surface area contributed by atoms with Crippen LogP contribution in [0.5, 0.6) is 5.75 Å². The van der Waals surface area contributed by atoms with Crippen LogP contribution < -0.4 is 10.1 Å². The van der Waals surface area contributed by atoms with Crippen LogP contribution in [0.2, 0.25) is 0 Å². The molecule has 2 aromatic carbocycles. The molecule has 3 heteroatoms. The molecule has 1 amide bonds. The molecule has 0 heterocycles. The summed E-state index contributed by atoms with van der Waals surface area (Å²) in [6.45, 7) is 0.674. The SMILES string of the molecule is COc1ccccc1C(=O)NCC1(c2ccccc2)CCCCC1. The molecule has 0 radical (unpaired) electrons. The van der Waals surface area contributed by atoms with Gasteiger partial charge in [0.1, 0.15) is 5.75 Å². The number of hydrogen-bond acceptors (Lipinski definition) is 2. The minimum Gasteiger partial charge on any atom is -0.496 e. The lowest BCUT2D eigenvalue weighted by atomic mass is 9.69. The summed E-state index contributed by atoms with van der Waals surface area (Å²) < 4.78 is 5.31. The number of hydrogen-bond donors (Lipinski definition) is 1. The first-order chi connectivity index (χ1) is 11.7. The Morgan fingerprint density at radius 1 is 1.00 bits per heavy atom. The van der Waals surface area contributed by atoms with Crippen molar-refractivity contribution >= 4 is 5.91 Å². The molecule has 3 nitrogen and oxygen atoms in total. The standard InChI is InChI=1S/C21H25NO2/c1-24-19-13-7-6-12-18(19)20(23)22-16-21(14-8-3-9-15-21)17-10-4-2-5-11-17/h2,4-7,10-13H,3,8-9,14-16H2,1H3,(H,22,23). The summed E-state index contributed by atoms with van der Waals surface area (Å²) in [5, 5.41) is 3.16. The molecule has 2 aromatic rings. The van der Waals surface area contributed by atoms with Crippen molar-refractivity contribution in [1.82, 2.24) is 5.32 Å². The smallest absolute Gasteiger partial charge is 0.255 e. The molecule has 1 aliphatic rings. The fourth-order valence-corrected chi connectivity index (χ4v) is 3.76. The Labute approximate surface area is 144 Å². The van der Waals surface area contributed by atoms with Crippen LogP contribution in [0.3, 0.4) is 0 Å². The largest absolute Gasteiger partial charge is 0.496 e. The van der Waals surface area contributed by atoms with E-state index < -0.39 is 0 Å². The Bertz CT molecular complexity index is 675. The van der Waals surface area contributed by atoms with Crippen LogP contribution >= 0.6 is 0 Å². The Hall–Kier alpha value is -2.29. The number of carbonyl (C=O) groups is 1. The van der Waals surface area contributed by atoms with Gasteiger partial charge in [-0.05, 0) is 30.5 Å². The van der Waals surface area contributed by atoms with Gasteiger partial charge in [-0.15, -0.1) is 0 Å². The molecule has 1 saturated carbocycles. The second-order valence-corrected chi connectivity index (χ2v) is 6.59. The molecule has 0 aromatic heterocycles. The molecular weight excluding hydrogens is 298 g/mol. The van der Waals surface area contributed by atoms with Gasteiger partial charge in [0.15, 0.2) is 0 Å². The summed E-state index contributed by atoms with van der Waals surface area (Å²) in [5.74, 6) is 0.556. The van der Waals surface area contributed by atoms with Gasteiger partial charge in [0, 0.05) is 12.0 Å². The number of rotatable bonds is 5. The van der Waals surface area contributed by atoms with Crippen LogP contribution in [-0.4, -0.2) is 19.6 Å². The number of methoxy groups -OCH3 is 1. The third-order valence-electron chi connectivity index (χ3n) is 5.14. The second-order valence-electron chi connectivity index (χ2n) is 6.59. The van der Waals surface area contributed by atoms with E-state index in [-0.39, 0.29) is 11.3 Å². The van der Waals surface area contributed by atoms with E-state index in [1.165, 1.54) is 24.8 Å². The minimum absolute atomic E-state index is 0.0528. The number of para-hydroxylation sites is 1. The van der Waals surface area contributed by atoms with E-state index in [9.17, 15) is 4.79 Å². The Kier molecular flexibility index (Phi) is 5.19. The van der Waals surface area contributed by atoms with Gasteiger partial charge in [-0.1, -0.05) is 61.7 Å². The van der Waals surface area contributed by atoms with Gasteiger partial charge in [0.2, 0.25) is 0 Å². The molecular formula is C21H25NO2. The van der Waals surface area contributed by atoms with Gasteiger partial charge in [-0.2, -0.15) is 0 Å². The molecule has 1 N–H and O–H groups in total. The first-order valence-corrected chi connectivity index (χ1v) is 8.72. The maximum Gasteiger partial charge on any atom is 0.255 e. The highest BCUT2D eigenvalue weighted by atomic mass is 16.5.